The van der Waals surface area contributed by atoms with Crippen molar-refractivity contribution in [2.45, 2.75) is 32.2 Å². The second-order valence-electron chi connectivity index (χ2n) is 5.44. The van der Waals surface area contributed by atoms with E-state index in [9.17, 15) is 41.3 Å². The molecule has 0 saturated carbocycles. The predicted octanol–water partition coefficient (Wildman–Crippen LogP) is 3.74. The van der Waals surface area contributed by atoms with Crippen LogP contribution in [0.25, 0.3) is 0 Å². The zero-order chi connectivity index (χ0) is 21.3. The fraction of sp³-hybridized carbons (Fsp3) is 0.357. The summed E-state index contributed by atoms with van der Waals surface area (Å²) < 4.78 is 77.3. The SMILES string of the molecule is CCCn1c(Nc2ccc(C(F)(F)F)cc2[N+](=O)[O-])nnc(C(F)(F)F)c1=O. The molecule has 0 aliphatic heterocycles. The normalized spacial score (nSPS) is 12.1. The topological polar surface area (TPSA) is 103 Å². The van der Waals surface area contributed by atoms with Crippen molar-refractivity contribution in [2.75, 3.05) is 5.32 Å². The summed E-state index contributed by atoms with van der Waals surface area (Å²) in [6.07, 6.45) is -9.72. The number of nitro benzene ring substituents is 1. The van der Waals surface area contributed by atoms with Crippen LogP contribution in [0, 0.1) is 10.1 Å². The molecule has 0 spiro atoms. The Hall–Kier alpha value is -3.19. The van der Waals surface area contributed by atoms with Gasteiger partial charge in [-0.25, -0.2) is 0 Å². The highest BCUT2D eigenvalue weighted by Gasteiger charge is 2.38. The minimum Gasteiger partial charge on any atom is -0.318 e. The zero-order valence-corrected chi connectivity index (χ0v) is 13.9. The van der Waals surface area contributed by atoms with Gasteiger partial charge in [-0.3, -0.25) is 19.5 Å². The van der Waals surface area contributed by atoms with Gasteiger partial charge < -0.3 is 5.32 Å². The van der Waals surface area contributed by atoms with Crippen molar-refractivity contribution in [3.63, 3.8) is 0 Å². The third kappa shape index (κ3) is 4.37. The number of benzene rings is 1. The van der Waals surface area contributed by atoms with Gasteiger partial charge in [0.25, 0.3) is 11.2 Å². The summed E-state index contributed by atoms with van der Waals surface area (Å²) >= 11 is 0. The van der Waals surface area contributed by atoms with Gasteiger partial charge >= 0.3 is 12.4 Å². The molecule has 0 atom stereocenters. The van der Waals surface area contributed by atoms with Gasteiger partial charge in [-0.05, 0) is 18.6 Å². The molecule has 2 aromatic rings. The highest BCUT2D eigenvalue weighted by atomic mass is 19.4. The van der Waals surface area contributed by atoms with Crippen LogP contribution in [0.3, 0.4) is 0 Å². The first kappa shape index (κ1) is 21.1. The van der Waals surface area contributed by atoms with E-state index in [2.05, 4.69) is 15.5 Å². The smallest absolute Gasteiger partial charge is 0.318 e. The van der Waals surface area contributed by atoms with Gasteiger partial charge in [-0.1, -0.05) is 6.92 Å². The molecule has 0 amide bonds. The number of anilines is 2. The molecule has 0 fully saturated rings. The zero-order valence-electron chi connectivity index (χ0n) is 13.9. The number of rotatable bonds is 5. The molecule has 152 valence electrons. The number of hydrogen-bond donors (Lipinski definition) is 1. The summed E-state index contributed by atoms with van der Waals surface area (Å²) in [6, 6.07) is 1.50. The van der Waals surface area contributed by atoms with Crippen molar-refractivity contribution in [2.24, 2.45) is 0 Å². The number of hydrogen-bond acceptors (Lipinski definition) is 6. The molecule has 0 aliphatic rings. The number of nitro groups is 1. The van der Waals surface area contributed by atoms with E-state index in [1.165, 1.54) is 0 Å². The largest absolute Gasteiger partial charge is 0.440 e. The van der Waals surface area contributed by atoms with Gasteiger partial charge in [-0.15, -0.1) is 10.2 Å². The van der Waals surface area contributed by atoms with E-state index in [1.54, 1.807) is 6.92 Å². The third-order valence-corrected chi connectivity index (χ3v) is 3.43. The number of alkyl halides is 6. The van der Waals surface area contributed by atoms with Gasteiger partial charge in [0.05, 0.1) is 10.5 Å². The fourth-order valence-corrected chi connectivity index (χ4v) is 2.20. The molecular formula is C14H11F6N5O3. The molecule has 1 aromatic carbocycles. The molecule has 1 N–H and O–H groups in total. The first-order valence-electron chi connectivity index (χ1n) is 7.53. The summed E-state index contributed by atoms with van der Waals surface area (Å²) in [5, 5.41) is 19.3. The molecule has 0 saturated heterocycles. The summed E-state index contributed by atoms with van der Waals surface area (Å²) in [5.41, 5.74) is -6.13. The van der Waals surface area contributed by atoms with Crippen LogP contribution < -0.4 is 10.9 Å². The number of aromatic nitrogens is 3. The second kappa shape index (κ2) is 7.44. The van der Waals surface area contributed by atoms with Gasteiger partial charge in [0, 0.05) is 12.6 Å². The number of nitrogens with one attached hydrogen (secondary N) is 1. The molecule has 8 nitrogen and oxygen atoms in total. The van der Waals surface area contributed by atoms with Crippen molar-refractivity contribution >= 4 is 17.3 Å². The van der Waals surface area contributed by atoms with Gasteiger partial charge in [-0.2, -0.15) is 26.3 Å². The molecular weight excluding hydrogens is 400 g/mol. The van der Waals surface area contributed by atoms with E-state index in [0.29, 0.717) is 16.7 Å². The average molecular weight is 411 g/mol. The Bertz CT molecular complexity index is 954. The van der Waals surface area contributed by atoms with Crippen molar-refractivity contribution in [1.82, 2.24) is 14.8 Å². The molecule has 0 aliphatic carbocycles. The van der Waals surface area contributed by atoms with Crippen LogP contribution in [0.5, 0.6) is 0 Å². The molecule has 0 radical (unpaired) electrons. The quantitative estimate of drug-likeness (QED) is 0.457. The summed E-state index contributed by atoms with van der Waals surface area (Å²) in [4.78, 5) is 22.0. The highest BCUT2D eigenvalue weighted by molar-refractivity contribution is 5.67. The van der Waals surface area contributed by atoms with Crippen LogP contribution in [-0.2, 0) is 18.9 Å². The molecule has 2 rings (SSSR count). The molecule has 1 aromatic heterocycles. The van der Waals surface area contributed by atoms with E-state index in [-0.39, 0.29) is 19.0 Å². The Morgan fingerprint density at radius 1 is 1.14 bits per heavy atom. The minimum absolute atomic E-state index is 0.201. The lowest BCUT2D eigenvalue weighted by Gasteiger charge is -2.15. The van der Waals surface area contributed by atoms with Crippen molar-refractivity contribution in [3.05, 3.63) is 49.9 Å². The maximum absolute atomic E-state index is 12.8. The average Bonchev–Trinajstić information content (AvgIpc) is 2.56. The minimum atomic E-state index is -5.07. The van der Waals surface area contributed by atoms with Crippen LogP contribution in [0.15, 0.2) is 23.0 Å². The first-order chi connectivity index (χ1) is 12.9. The Labute approximate surface area is 152 Å². The maximum atomic E-state index is 12.8. The Balaban J connectivity index is 2.58. The van der Waals surface area contributed by atoms with E-state index in [1.807, 2.05) is 0 Å². The Morgan fingerprint density at radius 2 is 1.79 bits per heavy atom. The number of nitrogens with zero attached hydrogens (tertiary/aromatic N) is 4. The summed E-state index contributed by atoms with van der Waals surface area (Å²) in [6.45, 7) is 1.30. The van der Waals surface area contributed by atoms with E-state index in [4.69, 9.17) is 0 Å². The van der Waals surface area contributed by atoms with Gasteiger partial charge in [0.2, 0.25) is 11.6 Å². The van der Waals surface area contributed by atoms with Crippen LogP contribution in [-0.4, -0.2) is 19.7 Å². The van der Waals surface area contributed by atoms with Crippen LogP contribution in [0.2, 0.25) is 0 Å². The van der Waals surface area contributed by atoms with Crippen LogP contribution in [0.1, 0.15) is 24.6 Å². The summed E-state index contributed by atoms with van der Waals surface area (Å²) in [5.74, 6) is -0.581. The van der Waals surface area contributed by atoms with Crippen LogP contribution in [0.4, 0.5) is 43.7 Å². The van der Waals surface area contributed by atoms with Gasteiger partial charge in [0.1, 0.15) is 5.69 Å². The number of halogens is 6. The molecule has 0 bridgehead atoms. The Morgan fingerprint density at radius 3 is 2.29 bits per heavy atom. The lowest BCUT2D eigenvalue weighted by Crippen LogP contribution is -2.33. The van der Waals surface area contributed by atoms with Crippen LogP contribution >= 0.6 is 0 Å². The predicted molar refractivity (Wildman–Crippen MR) is 83.0 cm³/mol. The van der Waals surface area contributed by atoms with Crippen molar-refractivity contribution in [1.29, 1.82) is 0 Å². The highest BCUT2D eigenvalue weighted by Crippen LogP contribution is 2.35. The first-order valence-corrected chi connectivity index (χ1v) is 7.53. The molecule has 0 unspecified atom stereocenters. The fourth-order valence-electron chi connectivity index (χ4n) is 2.20. The maximum Gasteiger partial charge on any atom is 0.440 e. The van der Waals surface area contributed by atoms with E-state index < -0.39 is 51.4 Å². The van der Waals surface area contributed by atoms with E-state index in [0.717, 1.165) is 0 Å². The lowest BCUT2D eigenvalue weighted by molar-refractivity contribution is -0.384. The van der Waals surface area contributed by atoms with Crippen molar-refractivity contribution in [3.8, 4) is 0 Å². The molecule has 1 heterocycles. The van der Waals surface area contributed by atoms with Crippen molar-refractivity contribution < 1.29 is 31.3 Å². The molecule has 14 heteroatoms. The third-order valence-electron chi connectivity index (χ3n) is 3.43. The van der Waals surface area contributed by atoms with Gasteiger partial charge in [0.15, 0.2) is 0 Å². The van der Waals surface area contributed by atoms with E-state index >= 15 is 0 Å². The lowest BCUT2D eigenvalue weighted by atomic mass is 10.1. The Kier molecular flexibility index (Phi) is 5.61. The second-order valence-corrected chi connectivity index (χ2v) is 5.44. The molecule has 28 heavy (non-hydrogen) atoms. The monoisotopic (exact) mass is 411 g/mol. The standard InChI is InChI=1S/C14H11F6N5O3/c1-2-5-24-11(26)10(14(18,19)20)22-23-12(24)21-8-4-3-7(13(15,16)17)6-9(8)25(27)28/h3-4,6H,2,5H2,1H3,(H,21,23). The summed E-state index contributed by atoms with van der Waals surface area (Å²) in [7, 11) is 0.